The lowest BCUT2D eigenvalue weighted by Gasteiger charge is -2.06. The number of sulfonamides is 1. The summed E-state index contributed by atoms with van der Waals surface area (Å²) < 4.78 is 30.9. The summed E-state index contributed by atoms with van der Waals surface area (Å²) in [7, 11) is -3.82. The first kappa shape index (κ1) is 13.0. The molecule has 1 heterocycles. The van der Waals surface area contributed by atoms with Crippen LogP contribution >= 0.6 is 0 Å². The molecule has 1 fully saturated rings. The van der Waals surface area contributed by atoms with Crippen LogP contribution in [0.5, 0.6) is 0 Å². The first-order valence-electron chi connectivity index (χ1n) is 5.63. The summed E-state index contributed by atoms with van der Waals surface area (Å²) in [5, 5.41) is 0. The van der Waals surface area contributed by atoms with Crippen LogP contribution in [-0.4, -0.2) is 32.0 Å². The third kappa shape index (κ3) is 2.85. The Kier molecular flexibility index (Phi) is 3.63. The van der Waals surface area contributed by atoms with Crippen molar-refractivity contribution in [2.45, 2.75) is 24.3 Å². The van der Waals surface area contributed by atoms with Crippen LogP contribution < -0.4 is 4.72 Å². The fourth-order valence-corrected chi connectivity index (χ4v) is 2.61. The number of aromatic nitrogens is 1. The van der Waals surface area contributed by atoms with Gasteiger partial charge in [0.15, 0.2) is 0 Å². The summed E-state index contributed by atoms with van der Waals surface area (Å²) in [4.78, 5) is 15.4. The van der Waals surface area contributed by atoms with E-state index >= 15 is 0 Å². The molecule has 1 saturated carbocycles. The van der Waals surface area contributed by atoms with E-state index in [-0.39, 0.29) is 16.9 Å². The molecule has 1 aromatic heterocycles. The molecule has 0 bridgehead atoms. The maximum atomic E-state index is 11.8. The van der Waals surface area contributed by atoms with Crippen molar-refractivity contribution in [3.63, 3.8) is 0 Å². The Morgan fingerprint density at radius 1 is 1.61 bits per heavy atom. The maximum Gasteiger partial charge on any atom is 0.265 e. The zero-order chi connectivity index (χ0) is 13.2. The van der Waals surface area contributed by atoms with Crippen LogP contribution in [0.2, 0.25) is 0 Å². The minimum atomic E-state index is -3.82. The summed E-state index contributed by atoms with van der Waals surface area (Å²) in [5.74, 6) is -0.881. The molecule has 2 rings (SSSR count). The molecule has 2 atom stereocenters. The zero-order valence-electron chi connectivity index (χ0n) is 9.87. The number of carbonyl (C=O) groups is 1. The monoisotopic (exact) mass is 270 g/mol. The fourth-order valence-electron chi connectivity index (χ4n) is 1.62. The molecule has 0 spiro atoms. The predicted molar refractivity (Wildman–Crippen MR) is 63.1 cm³/mol. The normalized spacial score (nSPS) is 22.5. The Bertz CT molecular complexity index is 529. The van der Waals surface area contributed by atoms with Crippen molar-refractivity contribution in [1.82, 2.24) is 9.71 Å². The van der Waals surface area contributed by atoms with Gasteiger partial charge in [-0.2, -0.15) is 0 Å². The van der Waals surface area contributed by atoms with E-state index in [0.29, 0.717) is 13.0 Å². The van der Waals surface area contributed by atoms with Crippen LogP contribution in [0.4, 0.5) is 0 Å². The van der Waals surface area contributed by atoms with Gasteiger partial charge in [0.05, 0.1) is 12.0 Å². The highest BCUT2D eigenvalue weighted by atomic mass is 32.2. The molecule has 0 aromatic carbocycles. The quantitative estimate of drug-likeness (QED) is 0.832. The second-order valence-corrected chi connectivity index (χ2v) is 5.68. The molecule has 0 radical (unpaired) electrons. The molecule has 0 unspecified atom stereocenters. The first-order valence-corrected chi connectivity index (χ1v) is 7.11. The summed E-state index contributed by atoms with van der Waals surface area (Å²) in [6.07, 6.45) is 3.08. The van der Waals surface area contributed by atoms with Crippen LogP contribution in [0.15, 0.2) is 29.4 Å². The van der Waals surface area contributed by atoms with Gasteiger partial charge in [-0.3, -0.25) is 9.78 Å². The lowest BCUT2D eigenvalue weighted by molar-refractivity contribution is -0.121. The minimum Gasteiger partial charge on any atom is -0.378 e. The van der Waals surface area contributed by atoms with Gasteiger partial charge in [-0.15, -0.1) is 0 Å². The summed E-state index contributed by atoms with van der Waals surface area (Å²) in [5.41, 5.74) is 0. The molecule has 98 valence electrons. The van der Waals surface area contributed by atoms with Crippen molar-refractivity contribution in [3.05, 3.63) is 24.5 Å². The summed E-state index contributed by atoms with van der Waals surface area (Å²) in [6, 6.07) is 2.88. The second kappa shape index (κ2) is 5.03. The molecule has 1 amide bonds. The van der Waals surface area contributed by atoms with Gasteiger partial charge in [0.25, 0.3) is 10.0 Å². The average Bonchev–Trinajstić information content (AvgIpc) is 3.10. The van der Waals surface area contributed by atoms with Crippen molar-refractivity contribution in [3.8, 4) is 0 Å². The molecule has 18 heavy (non-hydrogen) atoms. The molecular weight excluding hydrogens is 256 g/mol. The molecule has 6 nitrogen and oxygen atoms in total. The molecule has 1 aromatic rings. The van der Waals surface area contributed by atoms with Gasteiger partial charge >= 0.3 is 0 Å². The number of rotatable bonds is 5. The Morgan fingerprint density at radius 2 is 2.39 bits per heavy atom. The topological polar surface area (TPSA) is 85.4 Å². The molecule has 7 heteroatoms. The molecule has 1 N–H and O–H groups in total. The number of ether oxygens (including phenoxy) is 1. The molecule has 1 aliphatic rings. The van der Waals surface area contributed by atoms with Gasteiger partial charge in [-0.05, 0) is 25.5 Å². The van der Waals surface area contributed by atoms with E-state index in [4.69, 9.17) is 4.74 Å². The van der Waals surface area contributed by atoms with Crippen LogP contribution in [0.25, 0.3) is 0 Å². The Morgan fingerprint density at radius 3 is 3.00 bits per heavy atom. The van der Waals surface area contributed by atoms with Crippen LogP contribution in [-0.2, 0) is 19.6 Å². The molecule has 1 aliphatic carbocycles. The lowest BCUT2D eigenvalue weighted by atomic mass is 10.4. The van der Waals surface area contributed by atoms with Crippen molar-refractivity contribution < 1.29 is 17.9 Å². The van der Waals surface area contributed by atoms with Crippen molar-refractivity contribution >= 4 is 15.9 Å². The number of hydrogen-bond donors (Lipinski definition) is 1. The highest BCUT2D eigenvalue weighted by Gasteiger charge is 2.45. The lowest BCUT2D eigenvalue weighted by Crippen LogP contribution is -2.32. The van der Waals surface area contributed by atoms with Crippen molar-refractivity contribution in [1.29, 1.82) is 0 Å². The standard InChI is InChI=1S/C11H14N2O4S/c1-2-17-10-6-9(10)11(14)13-18(15,16)8-4-3-5-12-7-8/h3-5,7,9-10H,2,6H2,1H3,(H,13,14)/t9-,10-/m0/s1. The van der Waals surface area contributed by atoms with E-state index in [1.807, 2.05) is 11.6 Å². The highest BCUT2D eigenvalue weighted by Crippen LogP contribution is 2.34. The van der Waals surface area contributed by atoms with E-state index in [9.17, 15) is 13.2 Å². The number of nitrogens with zero attached hydrogens (tertiary/aromatic N) is 1. The highest BCUT2D eigenvalue weighted by molar-refractivity contribution is 7.90. The van der Waals surface area contributed by atoms with Crippen LogP contribution in [0.1, 0.15) is 13.3 Å². The molecule has 0 saturated heterocycles. The molecule has 0 aliphatic heterocycles. The van der Waals surface area contributed by atoms with Crippen molar-refractivity contribution in [2.24, 2.45) is 5.92 Å². The first-order chi connectivity index (χ1) is 8.54. The van der Waals surface area contributed by atoms with E-state index in [1.165, 1.54) is 24.5 Å². The van der Waals surface area contributed by atoms with Crippen LogP contribution in [0.3, 0.4) is 0 Å². The smallest absolute Gasteiger partial charge is 0.265 e. The van der Waals surface area contributed by atoms with Gasteiger partial charge in [-0.25, -0.2) is 13.1 Å². The number of nitrogens with one attached hydrogen (secondary N) is 1. The van der Waals surface area contributed by atoms with Crippen molar-refractivity contribution in [2.75, 3.05) is 6.61 Å². The molecular formula is C11H14N2O4S. The van der Waals surface area contributed by atoms with Gasteiger partial charge < -0.3 is 4.74 Å². The van der Waals surface area contributed by atoms with E-state index in [0.717, 1.165) is 0 Å². The SMILES string of the molecule is CCO[C@H]1C[C@@H]1C(=O)NS(=O)(=O)c1cccnc1. The summed E-state index contributed by atoms with van der Waals surface area (Å²) in [6.45, 7) is 2.35. The number of hydrogen-bond acceptors (Lipinski definition) is 5. The van der Waals surface area contributed by atoms with E-state index in [2.05, 4.69) is 4.98 Å². The third-order valence-electron chi connectivity index (χ3n) is 2.63. The average molecular weight is 270 g/mol. The number of carbonyl (C=O) groups excluding carboxylic acids is 1. The Hall–Kier alpha value is -1.47. The number of pyridine rings is 1. The maximum absolute atomic E-state index is 11.8. The zero-order valence-corrected chi connectivity index (χ0v) is 10.7. The van der Waals surface area contributed by atoms with E-state index < -0.39 is 15.9 Å². The largest absolute Gasteiger partial charge is 0.378 e. The number of amides is 1. The predicted octanol–water partition coefficient (Wildman–Crippen LogP) is 0.311. The van der Waals surface area contributed by atoms with Gasteiger partial charge in [0.1, 0.15) is 4.90 Å². The van der Waals surface area contributed by atoms with E-state index in [1.54, 1.807) is 0 Å². The van der Waals surface area contributed by atoms with Crippen LogP contribution in [0, 0.1) is 5.92 Å². The Balaban J connectivity index is 2.00. The Labute approximate surface area is 105 Å². The van der Waals surface area contributed by atoms with Gasteiger partial charge in [0, 0.05) is 19.0 Å². The summed E-state index contributed by atoms with van der Waals surface area (Å²) >= 11 is 0. The minimum absolute atomic E-state index is 0.0213. The van der Waals surface area contributed by atoms with Gasteiger partial charge in [0.2, 0.25) is 5.91 Å². The fraction of sp³-hybridized carbons (Fsp3) is 0.455. The van der Waals surface area contributed by atoms with Gasteiger partial charge in [-0.1, -0.05) is 0 Å². The second-order valence-electron chi connectivity index (χ2n) is 3.99. The third-order valence-corrected chi connectivity index (χ3v) is 3.96.